The van der Waals surface area contributed by atoms with E-state index in [9.17, 15) is 9.18 Å². The lowest BCUT2D eigenvalue weighted by Gasteiger charge is -2.07. The lowest BCUT2D eigenvalue weighted by Crippen LogP contribution is -2.21. The summed E-state index contributed by atoms with van der Waals surface area (Å²) in [5, 5.41) is 3.34. The van der Waals surface area contributed by atoms with Crippen LogP contribution in [-0.2, 0) is 11.3 Å². The standard InChI is InChI=1S/C19H18FNO3S/c1-23-9-10-24-14-7-5-13(6-8-14)12-21-19(22)18-11-15-16(20)3-2-4-17(15)25-18/h2-8,11H,9-10,12H2,1H3,(H,21,22). The Balaban J connectivity index is 1.58. The minimum atomic E-state index is -0.308. The van der Waals surface area contributed by atoms with Crippen molar-refractivity contribution < 1.29 is 18.7 Å². The Morgan fingerprint density at radius 3 is 2.68 bits per heavy atom. The Hall–Kier alpha value is -2.44. The molecular weight excluding hydrogens is 341 g/mol. The van der Waals surface area contributed by atoms with Crippen LogP contribution in [0.3, 0.4) is 0 Å². The van der Waals surface area contributed by atoms with E-state index < -0.39 is 0 Å². The van der Waals surface area contributed by atoms with Crippen LogP contribution in [-0.4, -0.2) is 26.2 Å². The highest BCUT2D eigenvalue weighted by Crippen LogP contribution is 2.27. The number of amides is 1. The summed E-state index contributed by atoms with van der Waals surface area (Å²) in [7, 11) is 1.63. The van der Waals surface area contributed by atoms with Crippen molar-refractivity contribution in [1.29, 1.82) is 0 Å². The first kappa shape index (κ1) is 17.4. The van der Waals surface area contributed by atoms with Crippen molar-refractivity contribution in [3.05, 3.63) is 64.8 Å². The first-order valence-electron chi connectivity index (χ1n) is 7.84. The van der Waals surface area contributed by atoms with Crippen LogP contribution < -0.4 is 10.1 Å². The maximum atomic E-state index is 13.7. The van der Waals surface area contributed by atoms with Gasteiger partial charge in [0.1, 0.15) is 18.2 Å². The van der Waals surface area contributed by atoms with Gasteiger partial charge in [-0.15, -0.1) is 11.3 Å². The van der Waals surface area contributed by atoms with Crippen molar-refractivity contribution in [3.63, 3.8) is 0 Å². The predicted octanol–water partition coefficient (Wildman–Crippen LogP) is 4.00. The fourth-order valence-corrected chi connectivity index (χ4v) is 3.34. The fourth-order valence-electron chi connectivity index (χ4n) is 2.35. The second-order valence-electron chi connectivity index (χ2n) is 5.43. The molecule has 2 aromatic carbocycles. The van der Waals surface area contributed by atoms with Gasteiger partial charge < -0.3 is 14.8 Å². The third-order valence-electron chi connectivity index (χ3n) is 3.66. The molecule has 0 radical (unpaired) electrons. The van der Waals surface area contributed by atoms with Gasteiger partial charge in [-0.2, -0.15) is 0 Å². The molecule has 0 bridgehead atoms. The molecule has 0 aliphatic heterocycles. The third-order valence-corrected chi connectivity index (χ3v) is 4.76. The molecule has 1 heterocycles. The summed E-state index contributed by atoms with van der Waals surface area (Å²) in [6, 6.07) is 13.9. The summed E-state index contributed by atoms with van der Waals surface area (Å²) in [6.07, 6.45) is 0. The van der Waals surface area contributed by atoms with Crippen LogP contribution in [0.2, 0.25) is 0 Å². The Kier molecular flexibility index (Phi) is 5.63. The van der Waals surface area contributed by atoms with E-state index in [0.29, 0.717) is 30.0 Å². The number of benzene rings is 2. The zero-order valence-corrected chi connectivity index (χ0v) is 14.6. The third kappa shape index (κ3) is 4.35. The number of methoxy groups -OCH3 is 1. The molecule has 4 nitrogen and oxygen atoms in total. The largest absolute Gasteiger partial charge is 0.491 e. The fraction of sp³-hybridized carbons (Fsp3) is 0.211. The van der Waals surface area contributed by atoms with Gasteiger partial charge in [0, 0.05) is 23.7 Å². The van der Waals surface area contributed by atoms with Crippen molar-refractivity contribution in [2.24, 2.45) is 0 Å². The van der Waals surface area contributed by atoms with Crippen LogP contribution >= 0.6 is 11.3 Å². The number of halogens is 1. The van der Waals surface area contributed by atoms with Crippen LogP contribution in [0.25, 0.3) is 10.1 Å². The van der Waals surface area contributed by atoms with Crippen molar-refractivity contribution >= 4 is 27.3 Å². The molecule has 1 N–H and O–H groups in total. The topological polar surface area (TPSA) is 47.6 Å². The number of nitrogens with one attached hydrogen (secondary N) is 1. The summed E-state index contributed by atoms with van der Waals surface area (Å²) in [5.74, 6) is 0.241. The van der Waals surface area contributed by atoms with Gasteiger partial charge in [-0.1, -0.05) is 18.2 Å². The van der Waals surface area contributed by atoms with Crippen molar-refractivity contribution in [2.45, 2.75) is 6.54 Å². The van der Waals surface area contributed by atoms with Crippen molar-refractivity contribution in [2.75, 3.05) is 20.3 Å². The second-order valence-corrected chi connectivity index (χ2v) is 6.51. The average Bonchev–Trinajstić information content (AvgIpc) is 3.07. The molecule has 0 fully saturated rings. The lowest BCUT2D eigenvalue weighted by molar-refractivity contribution is 0.0955. The molecule has 0 aliphatic rings. The zero-order valence-electron chi connectivity index (χ0n) is 13.8. The minimum absolute atomic E-state index is 0.207. The molecule has 3 aromatic rings. The number of carbonyl (C=O) groups is 1. The maximum absolute atomic E-state index is 13.7. The number of carbonyl (C=O) groups excluding carboxylic acids is 1. The summed E-state index contributed by atoms with van der Waals surface area (Å²) in [4.78, 5) is 12.8. The van der Waals surface area contributed by atoms with Crippen LogP contribution in [0.4, 0.5) is 4.39 Å². The average molecular weight is 359 g/mol. The molecule has 0 aliphatic carbocycles. The molecule has 0 saturated heterocycles. The number of hydrogen-bond acceptors (Lipinski definition) is 4. The highest BCUT2D eigenvalue weighted by molar-refractivity contribution is 7.20. The Morgan fingerprint density at radius 1 is 1.16 bits per heavy atom. The summed E-state index contributed by atoms with van der Waals surface area (Å²) in [5.41, 5.74) is 0.958. The van der Waals surface area contributed by atoms with E-state index in [2.05, 4.69) is 5.32 Å². The smallest absolute Gasteiger partial charge is 0.261 e. The van der Waals surface area contributed by atoms with E-state index >= 15 is 0 Å². The number of rotatable bonds is 7. The number of hydrogen-bond donors (Lipinski definition) is 1. The van der Waals surface area contributed by atoms with E-state index in [1.807, 2.05) is 30.3 Å². The van der Waals surface area contributed by atoms with E-state index in [4.69, 9.17) is 9.47 Å². The minimum Gasteiger partial charge on any atom is -0.491 e. The van der Waals surface area contributed by atoms with Gasteiger partial charge in [-0.05, 0) is 35.9 Å². The SMILES string of the molecule is COCCOc1ccc(CNC(=O)c2cc3c(F)cccc3s2)cc1. The molecule has 130 valence electrons. The van der Waals surface area contributed by atoms with Crippen LogP contribution in [0.15, 0.2) is 48.5 Å². The molecule has 0 spiro atoms. The van der Waals surface area contributed by atoms with Gasteiger partial charge in [0.25, 0.3) is 5.91 Å². The normalized spacial score (nSPS) is 10.8. The maximum Gasteiger partial charge on any atom is 0.261 e. The highest BCUT2D eigenvalue weighted by Gasteiger charge is 2.12. The summed E-state index contributed by atoms with van der Waals surface area (Å²) >= 11 is 1.28. The van der Waals surface area contributed by atoms with Gasteiger partial charge in [-0.3, -0.25) is 4.79 Å². The predicted molar refractivity (Wildman–Crippen MR) is 96.8 cm³/mol. The van der Waals surface area contributed by atoms with Gasteiger partial charge in [-0.25, -0.2) is 4.39 Å². The molecule has 6 heteroatoms. The Labute approximate surface area is 149 Å². The second kappa shape index (κ2) is 8.09. The van der Waals surface area contributed by atoms with Gasteiger partial charge in [0.15, 0.2) is 0 Å². The molecule has 0 unspecified atom stereocenters. The number of thiophene rings is 1. The molecule has 0 atom stereocenters. The molecule has 25 heavy (non-hydrogen) atoms. The molecule has 3 rings (SSSR count). The monoisotopic (exact) mass is 359 g/mol. The van der Waals surface area contributed by atoms with E-state index in [0.717, 1.165) is 16.0 Å². The van der Waals surface area contributed by atoms with Crippen LogP contribution in [0, 0.1) is 5.82 Å². The van der Waals surface area contributed by atoms with Gasteiger partial charge in [0.05, 0.1) is 11.5 Å². The number of fused-ring (bicyclic) bond motifs is 1. The molecular formula is C19H18FNO3S. The molecule has 1 aromatic heterocycles. The summed E-state index contributed by atoms with van der Waals surface area (Å²) < 4.78 is 24.9. The van der Waals surface area contributed by atoms with E-state index in [1.54, 1.807) is 19.2 Å². The van der Waals surface area contributed by atoms with E-state index in [-0.39, 0.29) is 11.7 Å². The van der Waals surface area contributed by atoms with Gasteiger partial charge in [0.2, 0.25) is 0 Å². The molecule has 1 amide bonds. The Morgan fingerprint density at radius 2 is 1.96 bits per heavy atom. The lowest BCUT2D eigenvalue weighted by atomic mass is 10.2. The van der Waals surface area contributed by atoms with Gasteiger partial charge >= 0.3 is 0 Å². The van der Waals surface area contributed by atoms with E-state index in [1.165, 1.54) is 17.4 Å². The zero-order chi connectivity index (χ0) is 17.6. The van der Waals surface area contributed by atoms with Crippen LogP contribution in [0.1, 0.15) is 15.2 Å². The quantitative estimate of drug-likeness (QED) is 0.649. The molecule has 0 saturated carbocycles. The highest BCUT2D eigenvalue weighted by atomic mass is 32.1. The first-order chi connectivity index (χ1) is 12.2. The van der Waals surface area contributed by atoms with Crippen LogP contribution in [0.5, 0.6) is 5.75 Å². The van der Waals surface area contributed by atoms with Crippen molar-refractivity contribution in [1.82, 2.24) is 5.32 Å². The summed E-state index contributed by atoms with van der Waals surface area (Å²) in [6.45, 7) is 1.43. The first-order valence-corrected chi connectivity index (χ1v) is 8.66. The number of ether oxygens (including phenoxy) is 2. The Bertz CT molecular complexity index is 861. The van der Waals surface area contributed by atoms with Crippen molar-refractivity contribution in [3.8, 4) is 5.75 Å².